The third-order valence-electron chi connectivity index (χ3n) is 5.10. The van der Waals surface area contributed by atoms with Crippen LogP contribution >= 0.6 is 0 Å². The van der Waals surface area contributed by atoms with E-state index in [4.69, 9.17) is 0 Å². The van der Waals surface area contributed by atoms with Gasteiger partial charge in [-0.2, -0.15) is 0 Å². The second-order valence-corrected chi connectivity index (χ2v) is 9.30. The van der Waals surface area contributed by atoms with Crippen LogP contribution in [0.15, 0.2) is 53.4 Å². The second kappa shape index (κ2) is 7.82. The van der Waals surface area contributed by atoms with E-state index in [9.17, 15) is 13.2 Å². The van der Waals surface area contributed by atoms with Crippen LogP contribution in [0.25, 0.3) is 0 Å². The second-order valence-electron chi connectivity index (χ2n) is 7.28. The fourth-order valence-corrected chi connectivity index (χ4v) is 4.27. The lowest BCUT2D eigenvalue weighted by atomic mass is 10.0. The molecule has 3 rings (SSSR count). The Morgan fingerprint density at radius 1 is 1.00 bits per heavy atom. The zero-order valence-electron chi connectivity index (χ0n) is 16.1. The van der Waals surface area contributed by atoms with Crippen LogP contribution in [0.3, 0.4) is 0 Å². The lowest BCUT2D eigenvalue weighted by Gasteiger charge is -2.31. The van der Waals surface area contributed by atoms with Gasteiger partial charge in [-0.25, -0.2) is 8.42 Å². The molecule has 1 heterocycles. The van der Waals surface area contributed by atoms with Crippen molar-refractivity contribution < 1.29 is 13.2 Å². The Kier molecular flexibility index (Phi) is 5.67. The van der Waals surface area contributed by atoms with Gasteiger partial charge in [0.1, 0.15) is 6.04 Å². The van der Waals surface area contributed by atoms with Gasteiger partial charge in [0.25, 0.3) is 0 Å². The van der Waals surface area contributed by atoms with E-state index in [1.165, 1.54) is 6.26 Å². The summed E-state index contributed by atoms with van der Waals surface area (Å²) in [4.78, 5) is 17.1. The van der Waals surface area contributed by atoms with Crippen molar-refractivity contribution in [3.63, 3.8) is 0 Å². The van der Waals surface area contributed by atoms with Gasteiger partial charge in [0.2, 0.25) is 5.91 Å². The summed E-state index contributed by atoms with van der Waals surface area (Å²) in [6.07, 6.45) is 2.76. The Labute approximate surface area is 161 Å². The van der Waals surface area contributed by atoms with Gasteiger partial charge < -0.3 is 4.90 Å². The number of benzene rings is 2. The first-order valence-electron chi connectivity index (χ1n) is 9.09. The highest BCUT2D eigenvalue weighted by atomic mass is 32.2. The summed E-state index contributed by atoms with van der Waals surface area (Å²) >= 11 is 0. The molecule has 2 aromatic carbocycles. The van der Waals surface area contributed by atoms with Crippen molar-refractivity contribution in [2.75, 3.05) is 33.4 Å². The number of likely N-dealkylation sites (N-methyl/N-ethyl adjacent to an activating group) is 1. The number of sulfone groups is 1. The van der Waals surface area contributed by atoms with Crippen LogP contribution in [-0.4, -0.2) is 57.6 Å². The maximum atomic E-state index is 12.9. The van der Waals surface area contributed by atoms with Gasteiger partial charge in [-0.3, -0.25) is 9.69 Å². The molecule has 6 heteroatoms. The van der Waals surface area contributed by atoms with Gasteiger partial charge in [0.05, 0.1) is 4.90 Å². The number of hydrogen-bond acceptors (Lipinski definition) is 4. The van der Waals surface area contributed by atoms with Crippen LogP contribution < -0.4 is 0 Å². The molecule has 1 aliphatic rings. The molecule has 1 aliphatic heterocycles. The first-order chi connectivity index (χ1) is 12.8. The van der Waals surface area contributed by atoms with Crippen molar-refractivity contribution in [1.82, 2.24) is 9.80 Å². The zero-order chi connectivity index (χ0) is 19.6. The molecule has 0 saturated heterocycles. The molecule has 2 aromatic rings. The topological polar surface area (TPSA) is 57.7 Å². The number of amides is 1. The van der Waals surface area contributed by atoms with Gasteiger partial charge in [-0.05, 0) is 41.7 Å². The molecule has 0 fully saturated rings. The van der Waals surface area contributed by atoms with Crippen molar-refractivity contribution in [3.05, 3.63) is 65.2 Å². The Hall–Kier alpha value is -2.18. The van der Waals surface area contributed by atoms with E-state index < -0.39 is 9.84 Å². The van der Waals surface area contributed by atoms with E-state index in [-0.39, 0.29) is 11.9 Å². The fraction of sp³-hybridized carbons (Fsp3) is 0.381. The van der Waals surface area contributed by atoms with Gasteiger partial charge in [0.15, 0.2) is 9.84 Å². The van der Waals surface area contributed by atoms with Crippen molar-refractivity contribution in [2.24, 2.45) is 0 Å². The quantitative estimate of drug-likeness (QED) is 0.809. The third-order valence-corrected chi connectivity index (χ3v) is 6.21. The average molecular weight is 387 g/mol. The summed E-state index contributed by atoms with van der Waals surface area (Å²) in [7, 11) is 0.342. The molecule has 0 bridgehead atoms. The number of hydrogen-bond donors (Lipinski definition) is 0. The molecule has 1 amide bonds. The summed E-state index contributed by atoms with van der Waals surface area (Å²) in [5, 5.41) is 0. The minimum Gasteiger partial charge on any atom is -0.347 e. The van der Waals surface area contributed by atoms with Crippen LogP contribution in [0, 0.1) is 0 Å². The Bertz CT molecular complexity index is 924. The third kappa shape index (κ3) is 4.39. The molecular weight excluding hydrogens is 360 g/mol. The molecule has 0 unspecified atom stereocenters. The SMILES string of the molecule is CN(C)C(=O)[C@@H](c1ccccc1)N1CCc2ccc(S(C)(=O)=O)cc2CC1. The molecule has 0 spiro atoms. The molecule has 0 N–H and O–H groups in total. The van der Waals surface area contributed by atoms with Crippen molar-refractivity contribution in [3.8, 4) is 0 Å². The lowest BCUT2D eigenvalue weighted by Crippen LogP contribution is -2.41. The lowest BCUT2D eigenvalue weighted by molar-refractivity contribution is -0.134. The van der Waals surface area contributed by atoms with Crippen molar-refractivity contribution in [2.45, 2.75) is 23.8 Å². The highest BCUT2D eigenvalue weighted by molar-refractivity contribution is 7.90. The molecule has 0 saturated carbocycles. The van der Waals surface area contributed by atoms with Gasteiger partial charge >= 0.3 is 0 Å². The summed E-state index contributed by atoms with van der Waals surface area (Å²) in [5.74, 6) is 0.0592. The summed E-state index contributed by atoms with van der Waals surface area (Å²) < 4.78 is 23.7. The smallest absolute Gasteiger partial charge is 0.244 e. The molecule has 0 aromatic heterocycles. The molecular formula is C21H26N2O3S. The predicted molar refractivity (Wildman–Crippen MR) is 106 cm³/mol. The van der Waals surface area contributed by atoms with Crippen LogP contribution in [0.1, 0.15) is 22.7 Å². The molecule has 1 atom stereocenters. The predicted octanol–water partition coefficient (Wildman–Crippen LogP) is 2.32. The molecule has 5 nitrogen and oxygen atoms in total. The van der Waals surface area contributed by atoms with Gasteiger partial charge in [-0.1, -0.05) is 36.4 Å². The highest BCUT2D eigenvalue weighted by Crippen LogP contribution is 2.27. The monoisotopic (exact) mass is 386 g/mol. The van der Waals surface area contributed by atoms with Crippen LogP contribution in [0.2, 0.25) is 0 Å². The standard InChI is InChI=1S/C21H26N2O3S/c1-22(2)21(24)20(17-7-5-4-6-8-17)23-13-11-16-9-10-19(27(3,25)26)15-18(16)12-14-23/h4-10,15,20H,11-14H2,1-3H3/t20-/m1/s1. The van der Waals surface area contributed by atoms with E-state index in [0.717, 1.165) is 36.1 Å². The Morgan fingerprint density at radius 2 is 1.63 bits per heavy atom. The number of rotatable bonds is 4. The zero-order valence-corrected chi connectivity index (χ0v) is 16.9. The van der Waals surface area contributed by atoms with Crippen LogP contribution in [0.5, 0.6) is 0 Å². The van der Waals surface area contributed by atoms with Crippen molar-refractivity contribution >= 4 is 15.7 Å². The maximum Gasteiger partial charge on any atom is 0.244 e. The van der Waals surface area contributed by atoms with E-state index in [1.807, 2.05) is 36.4 Å². The Balaban J connectivity index is 1.90. The minimum atomic E-state index is -3.22. The maximum absolute atomic E-state index is 12.9. The normalized spacial score (nSPS) is 16.3. The first kappa shape index (κ1) is 19.6. The van der Waals surface area contributed by atoms with E-state index in [0.29, 0.717) is 11.4 Å². The molecule has 144 valence electrons. The van der Waals surface area contributed by atoms with E-state index >= 15 is 0 Å². The van der Waals surface area contributed by atoms with Gasteiger partial charge in [-0.15, -0.1) is 0 Å². The number of nitrogens with zero attached hydrogens (tertiary/aromatic N) is 2. The summed E-state index contributed by atoms with van der Waals surface area (Å²) in [5.41, 5.74) is 3.21. The molecule has 0 radical (unpaired) electrons. The first-order valence-corrected chi connectivity index (χ1v) is 11.0. The average Bonchev–Trinajstić information content (AvgIpc) is 2.84. The summed E-state index contributed by atoms with van der Waals surface area (Å²) in [6.45, 7) is 1.46. The molecule has 0 aliphatic carbocycles. The van der Waals surface area contributed by atoms with E-state index in [1.54, 1.807) is 31.1 Å². The Morgan fingerprint density at radius 3 is 2.22 bits per heavy atom. The highest BCUT2D eigenvalue weighted by Gasteiger charge is 2.30. The number of carbonyl (C=O) groups is 1. The number of fused-ring (bicyclic) bond motifs is 1. The van der Waals surface area contributed by atoms with Crippen LogP contribution in [-0.2, 0) is 27.5 Å². The minimum absolute atomic E-state index is 0.0592. The number of carbonyl (C=O) groups excluding carboxylic acids is 1. The van der Waals surface area contributed by atoms with Gasteiger partial charge in [0, 0.05) is 33.4 Å². The van der Waals surface area contributed by atoms with Crippen molar-refractivity contribution in [1.29, 1.82) is 0 Å². The van der Waals surface area contributed by atoms with Crippen LogP contribution in [0.4, 0.5) is 0 Å². The summed E-state index contributed by atoms with van der Waals surface area (Å²) in [6, 6.07) is 14.9. The fourth-order valence-electron chi connectivity index (χ4n) is 3.60. The molecule has 27 heavy (non-hydrogen) atoms. The largest absolute Gasteiger partial charge is 0.347 e. The van der Waals surface area contributed by atoms with E-state index in [2.05, 4.69) is 4.90 Å².